The molecule has 0 amide bonds. The molecule has 0 fully saturated rings. The van der Waals surface area contributed by atoms with Gasteiger partial charge in [-0.25, -0.2) is 5.84 Å². The number of nitrogens with one attached hydrogen (secondary N) is 1. The summed E-state index contributed by atoms with van der Waals surface area (Å²) in [6.45, 7) is 0. The molecule has 94 valence electrons. The number of benzene rings is 1. The van der Waals surface area contributed by atoms with E-state index < -0.39 is 0 Å². The Morgan fingerprint density at radius 1 is 1.12 bits per heavy atom. The average Bonchev–Trinajstić information content (AvgIpc) is 2.39. The molecule has 0 aliphatic carbocycles. The number of nitrogens with zero attached hydrogens (tertiary/aromatic N) is 1. The second-order valence-electron chi connectivity index (χ2n) is 3.10. The first kappa shape index (κ1) is 13.1. The smallest absolute Gasteiger partial charge is 0.204 e. The molecule has 0 aliphatic heterocycles. The number of methoxy groups -OCH3 is 3. The van der Waals surface area contributed by atoms with E-state index in [0.29, 0.717) is 28.6 Å². The fourth-order valence-electron chi connectivity index (χ4n) is 1.55. The highest BCUT2D eigenvalue weighted by Crippen LogP contribution is 2.39. The number of rotatable bonds is 4. The van der Waals surface area contributed by atoms with Crippen LogP contribution in [0, 0.1) is 0 Å². The van der Waals surface area contributed by atoms with Gasteiger partial charge >= 0.3 is 0 Å². The number of hydrogen-bond donors (Lipinski definition) is 2. The van der Waals surface area contributed by atoms with Crippen LogP contribution < -0.4 is 25.5 Å². The van der Waals surface area contributed by atoms with Gasteiger partial charge < -0.3 is 19.6 Å². The minimum atomic E-state index is 0.503. The topological polar surface area (TPSA) is 78.1 Å². The maximum absolute atomic E-state index is 5.39. The molecule has 0 aliphatic rings. The molecule has 6 nitrogen and oxygen atoms in total. The van der Waals surface area contributed by atoms with Crippen molar-refractivity contribution in [1.82, 2.24) is 5.43 Å². The normalized spacial score (nSPS) is 11.0. The molecule has 6 heteroatoms. The molecular formula is C11H17N3O3. The Hall–Kier alpha value is -1.95. The zero-order valence-electron chi connectivity index (χ0n) is 10.4. The monoisotopic (exact) mass is 239 g/mol. The van der Waals surface area contributed by atoms with Crippen molar-refractivity contribution < 1.29 is 14.2 Å². The zero-order chi connectivity index (χ0) is 12.8. The van der Waals surface area contributed by atoms with Gasteiger partial charge in [-0.2, -0.15) is 0 Å². The lowest BCUT2D eigenvalue weighted by molar-refractivity contribution is 0.324. The molecule has 0 radical (unpaired) electrons. The number of hydrazine groups is 1. The van der Waals surface area contributed by atoms with Crippen LogP contribution in [0.15, 0.2) is 17.1 Å². The summed E-state index contributed by atoms with van der Waals surface area (Å²) >= 11 is 0. The summed E-state index contributed by atoms with van der Waals surface area (Å²) in [7, 11) is 6.28. The van der Waals surface area contributed by atoms with Crippen LogP contribution in [0.4, 0.5) is 0 Å². The number of ether oxygens (including phenoxy) is 3. The van der Waals surface area contributed by atoms with Crippen LogP contribution in [-0.2, 0) is 0 Å². The highest BCUT2D eigenvalue weighted by Gasteiger charge is 2.18. The first-order chi connectivity index (χ1) is 8.23. The van der Waals surface area contributed by atoms with Crippen molar-refractivity contribution >= 4 is 5.84 Å². The van der Waals surface area contributed by atoms with Crippen LogP contribution in [0.5, 0.6) is 17.2 Å². The first-order valence-corrected chi connectivity index (χ1v) is 4.96. The van der Waals surface area contributed by atoms with Crippen molar-refractivity contribution in [3.8, 4) is 17.2 Å². The van der Waals surface area contributed by atoms with Gasteiger partial charge in [0.25, 0.3) is 0 Å². The van der Waals surface area contributed by atoms with Gasteiger partial charge in [-0.3, -0.25) is 4.99 Å². The van der Waals surface area contributed by atoms with Crippen molar-refractivity contribution in [3.63, 3.8) is 0 Å². The van der Waals surface area contributed by atoms with E-state index in [1.165, 1.54) is 0 Å². The van der Waals surface area contributed by atoms with Crippen LogP contribution in [0.1, 0.15) is 5.56 Å². The highest BCUT2D eigenvalue weighted by atomic mass is 16.5. The van der Waals surface area contributed by atoms with Gasteiger partial charge in [0.1, 0.15) is 5.84 Å². The van der Waals surface area contributed by atoms with Crippen molar-refractivity contribution in [2.75, 3.05) is 28.4 Å². The summed E-state index contributed by atoms with van der Waals surface area (Å²) in [5.41, 5.74) is 3.21. The molecule has 0 aromatic heterocycles. The number of aliphatic imine (C=N–C) groups is 1. The van der Waals surface area contributed by atoms with Crippen molar-refractivity contribution in [3.05, 3.63) is 17.7 Å². The molecule has 0 saturated carbocycles. The molecule has 1 aromatic rings. The largest absolute Gasteiger partial charge is 0.493 e. The van der Waals surface area contributed by atoms with Crippen LogP contribution >= 0.6 is 0 Å². The van der Waals surface area contributed by atoms with E-state index in [2.05, 4.69) is 10.4 Å². The molecule has 0 bridgehead atoms. The summed E-state index contributed by atoms with van der Waals surface area (Å²) in [4.78, 5) is 4.02. The van der Waals surface area contributed by atoms with Crippen molar-refractivity contribution in [2.45, 2.75) is 0 Å². The summed E-state index contributed by atoms with van der Waals surface area (Å²) in [6, 6.07) is 3.56. The second kappa shape index (κ2) is 5.95. The Bertz CT molecular complexity index is 419. The summed E-state index contributed by atoms with van der Waals surface area (Å²) in [5, 5.41) is 0. The van der Waals surface area contributed by atoms with Crippen LogP contribution in [-0.4, -0.2) is 34.2 Å². The van der Waals surface area contributed by atoms with E-state index in [0.717, 1.165) is 0 Å². The maximum Gasteiger partial charge on any atom is 0.204 e. The molecule has 17 heavy (non-hydrogen) atoms. The van der Waals surface area contributed by atoms with E-state index >= 15 is 0 Å². The first-order valence-electron chi connectivity index (χ1n) is 4.96. The van der Waals surface area contributed by atoms with Gasteiger partial charge in [0.2, 0.25) is 5.75 Å². The third-order valence-corrected chi connectivity index (χ3v) is 2.32. The lowest BCUT2D eigenvalue weighted by atomic mass is 10.1. The molecule has 1 aromatic carbocycles. The SMILES string of the molecule is CN=C(NN)c1ccc(OC)c(OC)c1OC. The third kappa shape index (κ3) is 2.42. The van der Waals surface area contributed by atoms with Gasteiger partial charge in [0.05, 0.1) is 26.9 Å². The molecule has 0 heterocycles. The van der Waals surface area contributed by atoms with E-state index in [4.69, 9.17) is 20.1 Å². The molecule has 0 spiro atoms. The number of amidine groups is 1. The molecular weight excluding hydrogens is 222 g/mol. The Kier molecular flexibility index (Phi) is 4.59. The third-order valence-electron chi connectivity index (χ3n) is 2.32. The summed E-state index contributed by atoms with van der Waals surface area (Å²) in [5.74, 6) is 7.50. The molecule has 1 rings (SSSR count). The van der Waals surface area contributed by atoms with Gasteiger partial charge in [-0.15, -0.1) is 0 Å². The van der Waals surface area contributed by atoms with Crippen LogP contribution in [0.3, 0.4) is 0 Å². The molecule has 0 atom stereocenters. The quantitative estimate of drug-likeness (QED) is 0.347. The van der Waals surface area contributed by atoms with E-state index in [9.17, 15) is 0 Å². The molecule has 0 saturated heterocycles. The summed E-state index contributed by atoms with van der Waals surface area (Å²) < 4.78 is 15.8. The standard InChI is InChI=1S/C11H17N3O3/c1-13-11(14-12)7-5-6-8(15-2)10(17-4)9(7)16-3/h5-6H,12H2,1-4H3,(H,13,14). The van der Waals surface area contributed by atoms with E-state index in [1.807, 2.05) is 0 Å². The minimum Gasteiger partial charge on any atom is -0.493 e. The fraction of sp³-hybridized carbons (Fsp3) is 0.364. The van der Waals surface area contributed by atoms with Gasteiger partial charge in [0.15, 0.2) is 11.5 Å². The predicted molar refractivity (Wildman–Crippen MR) is 65.9 cm³/mol. The fourth-order valence-corrected chi connectivity index (χ4v) is 1.55. The van der Waals surface area contributed by atoms with E-state index in [-0.39, 0.29) is 0 Å². The Balaban J connectivity index is 3.43. The number of nitrogens with two attached hydrogens (primary N) is 1. The molecule has 0 unspecified atom stereocenters. The Morgan fingerprint density at radius 3 is 2.18 bits per heavy atom. The van der Waals surface area contributed by atoms with Crippen LogP contribution in [0.25, 0.3) is 0 Å². The van der Waals surface area contributed by atoms with Gasteiger partial charge in [0, 0.05) is 7.05 Å². The van der Waals surface area contributed by atoms with E-state index in [1.54, 1.807) is 40.5 Å². The number of hydrogen-bond acceptors (Lipinski definition) is 5. The lowest BCUT2D eigenvalue weighted by Gasteiger charge is -2.16. The minimum absolute atomic E-state index is 0.503. The Labute approximate surface area is 100 Å². The molecule has 3 N–H and O–H groups in total. The average molecular weight is 239 g/mol. The van der Waals surface area contributed by atoms with Crippen molar-refractivity contribution in [1.29, 1.82) is 0 Å². The Morgan fingerprint density at radius 2 is 1.76 bits per heavy atom. The lowest BCUT2D eigenvalue weighted by Crippen LogP contribution is -2.31. The van der Waals surface area contributed by atoms with Crippen molar-refractivity contribution in [2.24, 2.45) is 10.8 Å². The maximum atomic E-state index is 5.39. The van der Waals surface area contributed by atoms with Crippen LogP contribution in [0.2, 0.25) is 0 Å². The van der Waals surface area contributed by atoms with Gasteiger partial charge in [-0.05, 0) is 12.1 Å². The second-order valence-corrected chi connectivity index (χ2v) is 3.10. The highest BCUT2D eigenvalue weighted by molar-refractivity contribution is 6.01. The zero-order valence-corrected chi connectivity index (χ0v) is 10.4. The van der Waals surface area contributed by atoms with Gasteiger partial charge in [-0.1, -0.05) is 0 Å². The predicted octanol–water partition coefficient (Wildman–Crippen LogP) is 0.552. The summed E-state index contributed by atoms with van der Waals surface area (Å²) in [6.07, 6.45) is 0.